The monoisotopic (exact) mass is 203 g/mol. The van der Waals surface area contributed by atoms with E-state index in [1.54, 1.807) is 19.1 Å². The minimum Gasteiger partial charge on any atom is -0.506 e. The van der Waals surface area contributed by atoms with E-state index in [4.69, 9.17) is 0 Å². The summed E-state index contributed by atoms with van der Waals surface area (Å²) >= 11 is 0. The molecule has 1 aromatic rings. The Morgan fingerprint density at radius 3 is 2.40 bits per heavy atom. The van der Waals surface area contributed by atoms with Crippen LogP contribution in [-0.2, 0) is 9.59 Å². The SMILES string of the molecule is CC1=CC(=O)N(c2ccccc2O)C1=O. The maximum atomic E-state index is 11.6. The van der Waals surface area contributed by atoms with Gasteiger partial charge in [-0.2, -0.15) is 0 Å². The second-order valence-electron chi connectivity index (χ2n) is 3.29. The number of amides is 2. The summed E-state index contributed by atoms with van der Waals surface area (Å²) in [6.07, 6.45) is 1.26. The fourth-order valence-electron chi connectivity index (χ4n) is 1.47. The van der Waals surface area contributed by atoms with Gasteiger partial charge in [0.2, 0.25) is 0 Å². The number of nitrogens with zero attached hydrogens (tertiary/aromatic N) is 1. The molecule has 0 spiro atoms. The Morgan fingerprint density at radius 2 is 1.87 bits per heavy atom. The lowest BCUT2D eigenvalue weighted by Crippen LogP contribution is -2.30. The zero-order chi connectivity index (χ0) is 11.0. The first-order valence-electron chi connectivity index (χ1n) is 4.46. The van der Waals surface area contributed by atoms with Crippen LogP contribution < -0.4 is 4.90 Å². The van der Waals surface area contributed by atoms with Gasteiger partial charge in [-0.25, -0.2) is 4.90 Å². The second-order valence-corrected chi connectivity index (χ2v) is 3.29. The molecule has 1 N–H and O–H groups in total. The lowest BCUT2D eigenvalue weighted by molar-refractivity contribution is -0.120. The molecule has 1 heterocycles. The predicted octanol–water partition coefficient (Wildman–Crippen LogP) is 1.21. The predicted molar refractivity (Wildman–Crippen MR) is 54.4 cm³/mol. The van der Waals surface area contributed by atoms with E-state index >= 15 is 0 Å². The Hall–Kier alpha value is -2.10. The molecule has 0 saturated heterocycles. The van der Waals surface area contributed by atoms with Gasteiger partial charge in [-0.05, 0) is 19.1 Å². The van der Waals surface area contributed by atoms with E-state index in [-0.39, 0.29) is 17.3 Å². The van der Waals surface area contributed by atoms with E-state index in [1.165, 1.54) is 18.2 Å². The number of benzene rings is 1. The smallest absolute Gasteiger partial charge is 0.261 e. The average Bonchev–Trinajstić information content (AvgIpc) is 2.43. The van der Waals surface area contributed by atoms with Crippen molar-refractivity contribution >= 4 is 17.5 Å². The molecule has 1 aliphatic rings. The second kappa shape index (κ2) is 3.24. The van der Waals surface area contributed by atoms with Gasteiger partial charge >= 0.3 is 0 Å². The maximum absolute atomic E-state index is 11.6. The van der Waals surface area contributed by atoms with Crippen LogP contribution in [-0.4, -0.2) is 16.9 Å². The summed E-state index contributed by atoms with van der Waals surface area (Å²) in [5, 5.41) is 9.52. The number of hydrogen-bond donors (Lipinski definition) is 1. The van der Waals surface area contributed by atoms with Crippen LogP contribution in [0.25, 0.3) is 0 Å². The molecule has 0 fully saturated rings. The molecule has 2 amide bonds. The summed E-state index contributed by atoms with van der Waals surface area (Å²) in [5.41, 5.74) is 0.601. The number of anilines is 1. The van der Waals surface area contributed by atoms with Gasteiger partial charge in [0, 0.05) is 11.6 Å². The summed E-state index contributed by atoms with van der Waals surface area (Å²) in [5.74, 6) is -0.886. The maximum Gasteiger partial charge on any atom is 0.261 e. The van der Waals surface area contributed by atoms with E-state index < -0.39 is 5.91 Å². The lowest BCUT2D eigenvalue weighted by atomic mass is 10.2. The highest BCUT2D eigenvalue weighted by Crippen LogP contribution is 2.30. The third-order valence-corrected chi connectivity index (χ3v) is 2.22. The third-order valence-electron chi connectivity index (χ3n) is 2.22. The van der Waals surface area contributed by atoms with Gasteiger partial charge in [0.1, 0.15) is 5.75 Å². The zero-order valence-corrected chi connectivity index (χ0v) is 8.10. The highest BCUT2D eigenvalue weighted by molar-refractivity contribution is 6.30. The number of rotatable bonds is 1. The molecule has 15 heavy (non-hydrogen) atoms. The van der Waals surface area contributed by atoms with Crippen molar-refractivity contribution in [2.24, 2.45) is 0 Å². The van der Waals surface area contributed by atoms with Gasteiger partial charge in [0.25, 0.3) is 11.8 Å². The van der Waals surface area contributed by atoms with Gasteiger partial charge < -0.3 is 5.11 Å². The molecule has 2 rings (SSSR count). The Morgan fingerprint density at radius 1 is 1.20 bits per heavy atom. The Balaban J connectivity index is 2.47. The quantitative estimate of drug-likeness (QED) is 0.698. The van der Waals surface area contributed by atoms with Crippen LogP contribution in [0.5, 0.6) is 5.75 Å². The minimum atomic E-state index is -0.418. The van der Waals surface area contributed by atoms with Crippen molar-refractivity contribution in [1.82, 2.24) is 0 Å². The normalized spacial score (nSPS) is 15.8. The van der Waals surface area contributed by atoms with E-state index in [1.807, 2.05) is 0 Å². The van der Waals surface area contributed by atoms with Crippen LogP contribution in [0.1, 0.15) is 6.92 Å². The van der Waals surface area contributed by atoms with E-state index in [2.05, 4.69) is 0 Å². The van der Waals surface area contributed by atoms with Crippen LogP contribution in [0, 0.1) is 0 Å². The molecular weight excluding hydrogens is 194 g/mol. The van der Waals surface area contributed by atoms with Crippen LogP contribution in [0.3, 0.4) is 0 Å². The van der Waals surface area contributed by atoms with Crippen molar-refractivity contribution in [3.05, 3.63) is 35.9 Å². The van der Waals surface area contributed by atoms with Crippen LogP contribution in [0.2, 0.25) is 0 Å². The van der Waals surface area contributed by atoms with Crippen molar-refractivity contribution in [1.29, 1.82) is 0 Å². The number of carbonyl (C=O) groups excluding carboxylic acids is 2. The first kappa shape index (κ1) is 9.45. The molecule has 0 bridgehead atoms. The number of imide groups is 1. The van der Waals surface area contributed by atoms with Crippen molar-refractivity contribution in [2.75, 3.05) is 4.90 Å². The topological polar surface area (TPSA) is 57.6 Å². The summed E-state index contributed by atoms with van der Waals surface area (Å²) < 4.78 is 0. The van der Waals surface area contributed by atoms with Gasteiger partial charge in [-0.15, -0.1) is 0 Å². The van der Waals surface area contributed by atoms with Crippen molar-refractivity contribution in [2.45, 2.75) is 6.92 Å². The summed E-state index contributed by atoms with van der Waals surface area (Å²) in [4.78, 5) is 24.0. The van der Waals surface area contributed by atoms with Crippen molar-refractivity contribution in [3.63, 3.8) is 0 Å². The minimum absolute atomic E-state index is 0.0812. The molecule has 4 heteroatoms. The number of carbonyl (C=O) groups is 2. The van der Waals surface area contributed by atoms with Gasteiger partial charge in [-0.3, -0.25) is 9.59 Å². The average molecular weight is 203 g/mol. The Labute approximate surface area is 86.4 Å². The molecule has 0 unspecified atom stereocenters. The number of phenols is 1. The number of para-hydroxylation sites is 2. The first-order chi connectivity index (χ1) is 7.11. The molecule has 0 aromatic heterocycles. The van der Waals surface area contributed by atoms with Crippen LogP contribution >= 0.6 is 0 Å². The van der Waals surface area contributed by atoms with E-state index in [0.29, 0.717) is 5.57 Å². The van der Waals surface area contributed by atoms with E-state index in [9.17, 15) is 14.7 Å². The Bertz CT molecular complexity index is 476. The molecule has 4 nitrogen and oxygen atoms in total. The van der Waals surface area contributed by atoms with Crippen LogP contribution in [0.15, 0.2) is 35.9 Å². The fraction of sp³-hybridized carbons (Fsp3) is 0.0909. The largest absolute Gasteiger partial charge is 0.506 e. The number of phenolic OH excluding ortho intramolecular Hbond substituents is 1. The van der Waals surface area contributed by atoms with Gasteiger partial charge in [-0.1, -0.05) is 12.1 Å². The summed E-state index contributed by atoms with van der Waals surface area (Å²) in [6.45, 7) is 1.57. The zero-order valence-electron chi connectivity index (χ0n) is 8.10. The molecule has 76 valence electrons. The van der Waals surface area contributed by atoms with Gasteiger partial charge in [0.15, 0.2) is 0 Å². The molecule has 0 aliphatic carbocycles. The number of aromatic hydroxyl groups is 1. The van der Waals surface area contributed by atoms with Gasteiger partial charge in [0.05, 0.1) is 5.69 Å². The number of hydrogen-bond acceptors (Lipinski definition) is 3. The molecule has 1 aromatic carbocycles. The summed E-state index contributed by atoms with van der Waals surface area (Å²) in [6, 6.07) is 6.24. The highest BCUT2D eigenvalue weighted by Gasteiger charge is 2.31. The Kier molecular flexibility index (Phi) is 2.04. The highest BCUT2D eigenvalue weighted by atomic mass is 16.3. The molecule has 0 radical (unpaired) electrons. The molecule has 0 atom stereocenters. The summed E-state index contributed by atoms with van der Waals surface area (Å²) in [7, 11) is 0. The first-order valence-corrected chi connectivity index (χ1v) is 4.46. The van der Waals surface area contributed by atoms with Crippen molar-refractivity contribution in [3.8, 4) is 5.75 Å². The van der Waals surface area contributed by atoms with E-state index in [0.717, 1.165) is 4.90 Å². The third kappa shape index (κ3) is 1.40. The standard InChI is InChI=1S/C11H9NO3/c1-7-6-10(14)12(11(7)15)8-4-2-3-5-9(8)13/h2-6,13H,1H3. The molecule has 0 saturated carbocycles. The molecule has 1 aliphatic heterocycles. The molecular formula is C11H9NO3. The lowest BCUT2D eigenvalue weighted by Gasteiger charge is -2.15. The van der Waals surface area contributed by atoms with Crippen LogP contribution in [0.4, 0.5) is 5.69 Å². The fourth-order valence-corrected chi connectivity index (χ4v) is 1.47. The van der Waals surface area contributed by atoms with Crippen molar-refractivity contribution < 1.29 is 14.7 Å².